The highest BCUT2D eigenvalue weighted by Crippen LogP contribution is 2.32. The number of amides is 1. The maximum atomic E-state index is 15.0. The number of aromatic nitrogens is 6. The zero-order valence-corrected chi connectivity index (χ0v) is 17.6. The molecule has 1 amide bonds. The number of carbonyl (C=O) groups excluding carboxylic acids is 1. The summed E-state index contributed by atoms with van der Waals surface area (Å²) in [6.07, 6.45) is 4.73. The Bertz CT molecular complexity index is 1640. The van der Waals surface area contributed by atoms with Gasteiger partial charge in [0.2, 0.25) is 0 Å². The van der Waals surface area contributed by atoms with Crippen LogP contribution < -0.4 is 5.32 Å². The van der Waals surface area contributed by atoms with Crippen molar-refractivity contribution in [3.63, 3.8) is 0 Å². The molecule has 0 atom stereocenters. The standard InChI is InChI=1S/C25H16FN7O/c26-19-11-21-18(22(33-32-21)24-30-20-7-4-8-28-23(20)31-24)10-17(19)15-9-16(13-27-12-15)29-25(34)14-5-2-1-3-6-14/h1-13H,(H,29,34)(H,32,33)(H,28,30,31). The summed E-state index contributed by atoms with van der Waals surface area (Å²) in [5.74, 6) is -0.187. The number of hydrogen-bond donors (Lipinski definition) is 3. The van der Waals surface area contributed by atoms with Crippen molar-refractivity contribution in [1.82, 2.24) is 30.1 Å². The monoisotopic (exact) mass is 449 g/mol. The molecule has 0 saturated carbocycles. The van der Waals surface area contributed by atoms with E-state index in [1.807, 2.05) is 18.2 Å². The minimum Gasteiger partial charge on any atom is -0.335 e. The Hall–Kier alpha value is -4.92. The molecular weight excluding hydrogens is 433 g/mol. The predicted molar refractivity (Wildman–Crippen MR) is 127 cm³/mol. The Morgan fingerprint density at radius 2 is 1.85 bits per heavy atom. The summed E-state index contributed by atoms with van der Waals surface area (Å²) in [7, 11) is 0. The van der Waals surface area contributed by atoms with Crippen LogP contribution in [-0.2, 0) is 0 Å². The number of H-pyrrole nitrogens is 2. The number of halogens is 1. The largest absolute Gasteiger partial charge is 0.335 e. The van der Waals surface area contributed by atoms with Crippen molar-refractivity contribution < 1.29 is 9.18 Å². The van der Waals surface area contributed by atoms with Gasteiger partial charge < -0.3 is 10.3 Å². The first-order chi connectivity index (χ1) is 16.7. The van der Waals surface area contributed by atoms with E-state index in [9.17, 15) is 4.79 Å². The Labute approximate surface area is 191 Å². The van der Waals surface area contributed by atoms with Crippen LogP contribution in [0.4, 0.5) is 10.1 Å². The van der Waals surface area contributed by atoms with Gasteiger partial charge in [0.25, 0.3) is 5.91 Å². The van der Waals surface area contributed by atoms with Crippen LogP contribution in [0, 0.1) is 5.82 Å². The second-order valence-electron chi connectivity index (χ2n) is 7.69. The minimum absolute atomic E-state index is 0.272. The molecule has 0 fully saturated rings. The number of aromatic amines is 2. The molecule has 0 unspecified atom stereocenters. The van der Waals surface area contributed by atoms with E-state index >= 15 is 4.39 Å². The Morgan fingerprint density at radius 1 is 0.971 bits per heavy atom. The number of nitrogens with zero attached hydrogens (tertiary/aromatic N) is 4. The van der Waals surface area contributed by atoms with E-state index in [1.165, 1.54) is 12.3 Å². The summed E-state index contributed by atoms with van der Waals surface area (Å²) in [6, 6.07) is 17.3. The Kier molecular flexibility index (Phi) is 4.58. The molecular formula is C25H16FN7O. The van der Waals surface area contributed by atoms with E-state index in [-0.39, 0.29) is 5.91 Å². The average molecular weight is 449 g/mol. The van der Waals surface area contributed by atoms with E-state index < -0.39 is 5.82 Å². The van der Waals surface area contributed by atoms with E-state index in [1.54, 1.807) is 48.8 Å². The molecule has 9 heteroatoms. The van der Waals surface area contributed by atoms with Crippen LogP contribution in [0.1, 0.15) is 10.4 Å². The number of imidazole rings is 1. The second-order valence-corrected chi connectivity index (χ2v) is 7.69. The highest BCUT2D eigenvalue weighted by atomic mass is 19.1. The first-order valence-electron chi connectivity index (χ1n) is 10.5. The van der Waals surface area contributed by atoms with E-state index in [0.29, 0.717) is 50.4 Å². The van der Waals surface area contributed by atoms with Crippen molar-refractivity contribution in [2.75, 3.05) is 5.32 Å². The molecule has 0 spiro atoms. The maximum Gasteiger partial charge on any atom is 0.255 e. The van der Waals surface area contributed by atoms with Crippen LogP contribution in [-0.4, -0.2) is 36.0 Å². The van der Waals surface area contributed by atoms with Crippen LogP contribution in [0.3, 0.4) is 0 Å². The fraction of sp³-hybridized carbons (Fsp3) is 0. The highest BCUT2D eigenvalue weighted by molar-refractivity contribution is 6.04. The molecule has 34 heavy (non-hydrogen) atoms. The number of hydrogen-bond acceptors (Lipinski definition) is 5. The van der Waals surface area contributed by atoms with E-state index in [4.69, 9.17) is 0 Å². The Balaban J connectivity index is 1.39. The topological polar surface area (TPSA) is 112 Å². The predicted octanol–water partition coefficient (Wildman–Crippen LogP) is 4.95. The minimum atomic E-state index is -0.442. The third kappa shape index (κ3) is 3.45. The lowest BCUT2D eigenvalue weighted by molar-refractivity contribution is 0.102. The van der Waals surface area contributed by atoms with Gasteiger partial charge in [-0.2, -0.15) is 5.10 Å². The van der Waals surface area contributed by atoms with Gasteiger partial charge in [0.15, 0.2) is 11.5 Å². The van der Waals surface area contributed by atoms with Gasteiger partial charge in [0.1, 0.15) is 11.5 Å². The summed E-state index contributed by atoms with van der Waals surface area (Å²) in [5.41, 5.74) is 4.26. The lowest BCUT2D eigenvalue weighted by Crippen LogP contribution is -2.11. The van der Waals surface area contributed by atoms with Gasteiger partial charge in [-0.05, 0) is 36.4 Å². The number of benzene rings is 2. The fourth-order valence-corrected chi connectivity index (χ4v) is 3.85. The van der Waals surface area contributed by atoms with Crippen LogP contribution >= 0.6 is 0 Å². The number of rotatable bonds is 4. The van der Waals surface area contributed by atoms with Crippen molar-refractivity contribution in [1.29, 1.82) is 0 Å². The quantitative estimate of drug-likeness (QED) is 0.352. The molecule has 0 aliphatic heterocycles. The van der Waals surface area contributed by atoms with Crippen molar-refractivity contribution in [3.05, 3.63) is 90.6 Å². The summed E-state index contributed by atoms with van der Waals surface area (Å²) >= 11 is 0. The molecule has 164 valence electrons. The molecule has 2 aromatic carbocycles. The molecule has 6 rings (SSSR count). The first kappa shape index (κ1) is 19.7. The summed E-state index contributed by atoms with van der Waals surface area (Å²) in [4.78, 5) is 28.6. The van der Waals surface area contributed by atoms with Crippen LogP contribution in [0.25, 0.3) is 44.7 Å². The molecule has 4 aromatic heterocycles. The third-order valence-corrected chi connectivity index (χ3v) is 5.48. The lowest BCUT2D eigenvalue weighted by Gasteiger charge is -2.08. The van der Waals surface area contributed by atoms with Gasteiger partial charge >= 0.3 is 0 Å². The van der Waals surface area contributed by atoms with Gasteiger partial charge in [-0.1, -0.05) is 18.2 Å². The number of anilines is 1. The third-order valence-electron chi connectivity index (χ3n) is 5.48. The van der Waals surface area contributed by atoms with E-state index in [2.05, 4.69) is 35.5 Å². The van der Waals surface area contributed by atoms with Crippen molar-refractivity contribution in [2.24, 2.45) is 0 Å². The highest BCUT2D eigenvalue weighted by Gasteiger charge is 2.17. The van der Waals surface area contributed by atoms with Gasteiger partial charge in [-0.15, -0.1) is 0 Å². The zero-order valence-electron chi connectivity index (χ0n) is 17.6. The summed E-state index contributed by atoms with van der Waals surface area (Å²) in [6.45, 7) is 0. The van der Waals surface area contributed by atoms with Gasteiger partial charge in [-0.3, -0.25) is 14.9 Å². The normalized spacial score (nSPS) is 11.2. The molecule has 3 N–H and O–H groups in total. The molecule has 0 aliphatic rings. The molecule has 0 radical (unpaired) electrons. The summed E-state index contributed by atoms with van der Waals surface area (Å²) in [5, 5.41) is 10.7. The van der Waals surface area contributed by atoms with Gasteiger partial charge in [-0.25, -0.2) is 14.4 Å². The van der Waals surface area contributed by atoms with Crippen LogP contribution in [0.15, 0.2) is 79.3 Å². The zero-order chi connectivity index (χ0) is 23.1. The molecule has 6 aromatic rings. The fourth-order valence-electron chi connectivity index (χ4n) is 3.85. The molecule has 4 heterocycles. The molecule has 8 nitrogen and oxygen atoms in total. The van der Waals surface area contributed by atoms with Gasteiger partial charge in [0, 0.05) is 40.5 Å². The maximum absolute atomic E-state index is 15.0. The van der Waals surface area contributed by atoms with Crippen molar-refractivity contribution in [3.8, 4) is 22.6 Å². The average Bonchev–Trinajstić information content (AvgIpc) is 3.47. The van der Waals surface area contributed by atoms with Crippen molar-refractivity contribution >= 4 is 33.7 Å². The van der Waals surface area contributed by atoms with E-state index in [0.717, 1.165) is 5.52 Å². The van der Waals surface area contributed by atoms with Crippen LogP contribution in [0.2, 0.25) is 0 Å². The van der Waals surface area contributed by atoms with Gasteiger partial charge in [0.05, 0.1) is 22.9 Å². The van der Waals surface area contributed by atoms with Crippen molar-refractivity contribution in [2.45, 2.75) is 0 Å². The molecule has 0 aliphatic carbocycles. The number of nitrogens with one attached hydrogen (secondary N) is 3. The summed E-state index contributed by atoms with van der Waals surface area (Å²) < 4.78 is 15.0. The number of pyridine rings is 2. The second kappa shape index (κ2) is 7.89. The lowest BCUT2D eigenvalue weighted by atomic mass is 10.0. The van der Waals surface area contributed by atoms with Crippen LogP contribution in [0.5, 0.6) is 0 Å². The smallest absolute Gasteiger partial charge is 0.255 e. The first-order valence-corrected chi connectivity index (χ1v) is 10.5. The molecule has 0 bridgehead atoms. The SMILES string of the molecule is O=C(Nc1cncc(-c2cc3c(-c4nc5ncccc5[nH]4)n[nH]c3cc2F)c1)c1ccccc1. The Morgan fingerprint density at radius 3 is 2.71 bits per heavy atom. The number of fused-ring (bicyclic) bond motifs is 2. The molecule has 0 saturated heterocycles. The number of carbonyl (C=O) groups is 1.